The smallest absolute Gasteiger partial charge is 0.326 e. The van der Waals surface area contributed by atoms with Gasteiger partial charge in [-0.25, -0.2) is 4.79 Å². The molecule has 2 rings (SSSR count). The van der Waals surface area contributed by atoms with Crippen LogP contribution in [-0.2, 0) is 4.79 Å². The lowest BCUT2D eigenvalue weighted by molar-refractivity contribution is -0.138. The van der Waals surface area contributed by atoms with E-state index in [0.29, 0.717) is 6.42 Å². The van der Waals surface area contributed by atoms with E-state index in [-0.39, 0.29) is 0 Å². The van der Waals surface area contributed by atoms with Crippen molar-refractivity contribution in [2.24, 2.45) is 0 Å². The maximum absolute atomic E-state index is 11.6. The molecule has 23 heavy (non-hydrogen) atoms. The summed E-state index contributed by atoms with van der Waals surface area (Å²) in [4.78, 5) is 18.2. The molecule has 0 bridgehead atoms. The fourth-order valence-electron chi connectivity index (χ4n) is 2.73. The third-order valence-electron chi connectivity index (χ3n) is 4.14. The number of anilines is 1. The van der Waals surface area contributed by atoms with Gasteiger partial charge in [0.25, 0.3) is 0 Å². The minimum atomic E-state index is -0.814. The Morgan fingerprint density at radius 3 is 2.70 bits per heavy atom. The van der Waals surface area contributed by atoms with Crippen LogP contribution in [0.5, 0.6) is 0 Å². The number of aromatic nitrogens is 1. The number of carbonyl (C=O) groups is 1. The van der Waals surface area contributed by atoms with E-state index in [1.165, 1.54) is 0 Å². The van der Waals surface area contributed by atoms with Crippen LogP contribution in [-0.4, -0.2) is 46.6 Å². The maximum Gasteiger partial charge on any atom is 0.326 e. The van der Waals surface area contributed by atoms with Crippen LogP contribution in [0.2, 0.25) is 0 Å². The van der Waals surface area contributed by atoms with Crippen molar-refractivity contribution in [3.8, 4) is 0 Å². The molecule has 1 heterocycles. The average molecular weight is 315 g/mol. The van der Waals surface area contributed by atoms with Crippen molar-refractivity contribution in [1.82, 2.24) is 9.88 Å². The summed E-state index contributed by atoms with van der Waals surface area (Å²) in [6, 6.07) is 9.00. The second-order valence-corrected chi connectivity index (χ2v) is 5.58. The summed E-state index contributed by atoms with van der Waals surface area (Å²) >= 11 is 0. The number of carboxylic acids is 1. The van der Waals surface area contributed by atoms with Gasteiger partial charge in [-0.3, -0.25) is 4.98 Å². The van der Waals surface area contributed by atoms with Gasteiger partial charge in [-0.2, -0.15) is 0 Å². The van der Waals surface area contributed by atoms with E-state index < -0.39 is 12.0 Å². The molecule has 0 fully saturated rings. The first kappa shape index (κ1) is 17.2. The number of para-hydroxylation sites is 1. The molecule has 2 aromatic rings. The van der Waals surface area contributed by atoms with Gasteiger partial charge in [-0.05, 0) is 44.6 Å². The van der Waals surface area contributed by atoms with Gasteiger partial charge in [0.1, 0.15) is 6.04 Å². The summed E-state index contributed by atoms with van der Waals surface area (Å²) in [5, 5.41) is 13.6. The maximum atomic E-state index is 11.6. The lowest BCUT2D eigenvalue weighted by Crippen LogP contribution is -2.31. The fourth-order valence-corrected chi connectivity index (χ4v) is 2.73. The Bertz CT molecular complexity index is 636. The summed E-state index contributed by atoms with van der Waals surface area (Å²) in [5.74, 6) is -0.814. The van der Waals surface area contributed by atoms with Crippen molar-refractivity contribution < 1.29 is 9.90 Å². The van der Waals surface area contributed by atoms with Gasteiger partial charge in [0.2, 0.25) is 0 Å². The van der Waals surface area contributed by atoms with Crippen LogP contribution >= 0.6 is 0 Å². The highest BCUT2D eigenvalue weighted by Crippen LogP contribution is 2.22. The molecule has 5 nitrogen and oxygen atoms in total. The molecule has 1 aromatic carbocycles. The molecule has 0 aliphatic rings. The predicted molar refractivity (Wildman–Crippen MR) is 93.8 cm³/mol. The van der Waals surface area contributed by atoms with Gasteiger partial charge >= 0.3 is 5.97 Å². The third-order valence-corrected chi connectivity index (χ3v) is 4.14. The molecule has 124 valence electrons. The molecular weight excluding hydrogens is 290 g/mol. The summed E-state index contributed by atoms with van der Waals surface area (Å²) in [5.41, 5.74) is 1.69. The van der Waals surface area contributed by atoms with Crippen molar-refractivity contribution in [2.75, 3.05) is 25.0 Å². The van der Waals surface area contributed by atoms with Crippen molar-refractivity contribution in [3.63, 3.8) is 0 Å². The lowest BCUT2D eigenvalue weighted by atomic mass is 10.1. The van der Waals surface area contributed by atoms with Crippen LogP contribution in [0.4, 0.5) is 5.69 Å². The molecule has 1 aromatic heterocycles. The number of rotatable bonds is 9. The zero-order valence-corrected chi connectivity index (χ0v) is 13.8. The molecular formula is C18H25N3O2. The van der Waals surface area contributed by atoms with Crippen LogP contribution < -0.4 is 5.32 Å². The molecule has 0 aliphatic heterocycles. The zero-order chi connectivity index (χ0) is 16.7. The van der Waals surface area contributed by atoms with E-state index in [9.17, 15) is 9.90 Å². The van der Waals surface area contributed by atoms with Gasteiger partial charge < -0.3 is 15.3 Å². The number of hydrogen-bond acceptors (Lipinski definition) is 4. The lowest BCUT2D eigenvalue weighted by Gasteiger charge is -2.20. The van der Waals surface area contributed by atoms with Crippen LogP contribution in [0, 0.1) is 0 Å². The van der Waals surface area contributed by atoms with Gasteiger partial charge in [0, 0.05) is 17.3 Å². The Kier molecular flexibility index (Phi) is 6.35. The minimum absolute atomic E-state index is 0.587. The van der Waals surface area contributed by atoms with Crippen molar-refractivity contribution in [3.05, 3.63) is 36.5 Å². The Morgan fingerprint density at radius 2 is 2.00 bits per heavy atom. The van der Waals surface area contributed by atoms with Gasteiger partial charge in [-0.15, -0.1) is 0 Å². The Balaban J connectivity index is 2.05. The number of nitrogens with one attached hydrogen (secondary N) is 1. The molecule has 0 saturated heterocycles. The fraction of sp³-hybridized carbons (Fsp3) is 0.444. The standard InChI is InChI=1S/C18H25N3O2/c1-3-21(4-2)13-7-10-17(18(22)23)20-16-11-12-19-15-9-6-5-8-14(15)16/h5-6,8-9,11-12,17H,3-4,7,10,13H2,1-2H3,(H,19,20)(H,22,23). The zero-order valence-electron chi connectivity index (χ0n) is 13.8. The van der Waals surface area contributed by atoms with Crippen LogP contribution in [0.1, 0.15) is 26.7 Å². The van der Waals surface area contributed by atoms with E-state index in [2.05, 4.69) is 29.0 Å². The number of nitrogens with zero attached hydrogens (tertiary/aromatic N) is 2. The van der Waals surface area contributed by atoms with Crippen molar-refractivity contribution in [2.45, 2.75) is 32.7 Å². The normalized spacial score (nSPS) is 12.5. The number of benzene rings is 1. The Labute approximate surface area is 137 Å². The van der Waals surface area contributed by atoms with E-state index in [1.54, 1.807) is 6.20 Å². The van der Waals surface area contributed by atoms with Crippen LogP contribution in [0.25, 0.3) is 10.9 Å². The largest absolute Gasteiger partial charge is 0.480 e. The number of aliphatic carboxylic acids is 1. The second-order valence-electron chi connectivity index (χ2n) is 5.58. The molecule has 1 unspecified atom stereocenters. The van der Waals surface area contributed by atoms with E-state index in [1.807, 2.05) is 30.3 Å². The summed E-state index contributed by atoms with van der Waals surface area (Å²) < 4.78 is 0. The average Bonchev–Trinajstić information content (AvgIpc) is 2.57. The first-order chi connectivity index (χ1) is 11.2. The second kappa shape index (κ2) is 8.48. The highest BCUT2D eigenvalue weighted by atomic mass is 16.4. The van der Waals surface area contributed by atoms with Crippen molar-refractivity contribution >= 4 is 22.6 Å². The predicted octanol–water partition coefficient (Wildman–Crippen LogP) is 3.22. The monoisotopic (exact) mass is 315 g/mol. The molecule has 0 amide bonds. The van der Waals surface area contributed by atoms with Gasteiger partial charge in [-0.1, -0.05) is 32.0 Å². The topological polar surface area (TPSA) is 65.5 Å². The van der Waals surface area contributed by atoms with Gasteiger partial charge in [0.15, 0.2) is 0 Å². The number of carboxylic acid groups (broad SMARTS) is 1. The van der Waals surface area contributed by atoms with E-state index in [0.717, 1.165) is 42.6 Å². The summed E-state index contributed by atoms with van der Waals surface area (Å²) in [6.07, 6.45) is 3.16. The summed E-state index contributed by atoms with van der Waals surface area (Å²) in [6.45, 7) is 7.17. The molecule has 0 radical (unpaired) electrons. The highest BCUT2D eigenvalue weighted by molar-refractivity contribution is 5.92. The number of hydrogen-bond donors (Lipinski definition) is 2. The molecule has 0 aliphatic carbocycles. The molecule has 0 spiro atoms. The van der Waals surface area contributed by atoms with Crippen LogP contribution in [0.15, 0.2) is 36.5 Å². The highest BCUT2D eigenvalue weighted by Gasteiger charge is 2.18. The SMILES string of the molecule is CCN(CC)CCCC(Nc1ccnc2ccccc12)C(=O)O. The number of fused-ring (bicyclic) bond motifs is 1. The number of pyridine rings is 1. The van der Waals surface area contributed by atoms with Crippen LogP contribution in [0.3, 0.4) is 0 Å². The summed E-state index contributed by atoms with van der Waals surface area (Å²) in [7, 11) is 0. The van der Waals surface area contributed by atoms with Crippen molar-refractivity contribution in [1.29, 1.82) is 0 Å². The first-order valence-corrected chi connectivity index (χ1v) is 8.21. The Hall–Kier alpha value is -2.14. The molecule has 5 heteroatoms. The quantitative estimate of drug-likeness (QED) is 0.744. The minimum Gasteiger partial charge on any atom is -0.480 e. The Morgan fingerprint density at radius 1 is 1.26 bits per heavy atom. The van der Waals surface area contributed by atoms with E-state index >= 15 is 0 Å². The molecule has 2 N–H and O–H groups in total. The third kappa shape index (κ3) is 4.66. The van der Waals surface area contributed by atoms with E-state index in [4.69, 9.17) is 0 Å². The molecule has 1 atom stereocenters. The first-order valence-electron chi connectivity index (χ1n) is 8.21. The molecule has 0 saturated carbocycles. The van der Waals surface area contributed by atoms with Gasteiger partial charge in [0.05, 0.1) is 5.52 Å².